The smallest absolute Gasteiger partial charge is 0.213 e. The van der Waals surface area contributed by atoms with Crippen LogP contribution >= 0.6 is 0 Å². The zero-order chi connectivity index (χ0) is 9.80. The van der Waals surface area contributed by atoms with E-state index in [0.29, 0.717) is 11.6 Å². The van der Waals surface area contributed by atoms with Crippen LogP contribution in [0.5, 0.6) is 11.5 Å². The van der Waals surface area contributed by atoms with Gasteiger partial charge in [0.25, 0.3) is 0 Å². The minimum absolute atomic E-state index is 0.0935. The van der Waals surface area contributed by atoms with Gasteiger partial charge in [-0.05, 0) is 12.1 Å². The van der Waals surface area contributed by atoms with Crippen molar-refractivity contribution in [2.24, 2.45) is 0 Å². The number of nitrogens with zero attached hydrogens (tertiary/aromatic N) is 2. The molecule has 1 aromatic heterocycles. The molecule has 0 aliphatic heterocycles. The second-order valence-electron chi connectivity index (χ2n) is 2.60. The predicted octanol–water partition coefficient (Wildman–Crippen LogP) is 1.35. The summed E-state index contributed by atoms with van der Waals surface area (Å²) in [7, 11) is 0. The Labute approximate surface area is 79.9 Å². The first-order valence-corrected chi connectivity index (χ1v) is 4.02. The highest BCUT2D eigenvalue weighted by Gasteiger charge is 2.03. The summed E-state index contributed by atoms with van der Waals surface area (Å²) >= 11 is 0. The molecule has 1 aromatic carbocycles. The average molecular weight is 192 g/mol. The number of benzene rings is 1. The van der Waals surface area contributed by atoms with Gasteiger partial charge in [-0.3, -0.25) is 0 Å². The third-order valence-electron chi connectivity index (χ3n) is 1.63. The summed E-state index contributed by atoms with van der Waals surface area (Å²) in [5.74, 6) is 0.932. The van der Waals surface area contributed by atoms with E-state index in [4.69, 9.17) is 4.74 Å². The van der Waals surface area contributed by atoms with Crippen LogP contribution < -0.4 is 4.74 Å². The van der Waals surface area contributed by atoms with Crippen molar-refractivity contribution in [3.05, 3.63) is 36.5 Å². The van der Waals surface area contributed by atoms with Gasteiger partial charge in [0.1, 0.15) is 0 Å². The summed E-state index contributed by atoms with van der Waals surface area (Å²) in [6, 6.07) is 6.70. The SMILES string of the molecule is Oc1ccccc1OCc1ncon1. The quantitative estimate of drug-likeness (QED) is 0.795. The van der Waals surface area contributed by atoms with Gasteiger partial charge in [-0.1, -0.05) is 17.3 Å². The third-order valence-corrected chi connectivity index (χ3v) is 1.63. The molecule has 72 valence electrons. The van der Waals surface area contributed by atoms with Gasteiger partial charge in [0.05, 0.1) is 0 Å². The van der Waals surface area contributed by atoms with Crippen LogP contribution in [0, 0.1) is 0 Å². The number of hydrogen-bond donors (Lipinski definition) is 1. The van der Waals surface area contributed by atoms with E-state index < -0.39 is 0 Å². The molecule has 1 N–H and O–H groups in total. The van der Waals surface area contributed by atoms with Crippen LogP contribution in [0.15, 0.2) is 35.2 Å². The molecule has 1 heterocycles. The van der Waals surface area contributed by atoms with Crippen LogP contribution in [0.3, 0.4) is 0 Å². The lowest BCUT2D eigenvalue weighted by Gasteiger charge is -2.04. The number of ether oxygens (including phenoxy) is 1. The number of aromatic nitrogens is 2. The molecule has 2 aromatic rings. The molecule has 0 radical (unpaired) electrons. The van der Waals surface area contributed by atoms with Crippen molar-refractivity contribution in [1.82, 2.24) is 10.1 Å². The van der Waals surface area contributed by atoms with Gasteiger partial charge in [0.2, 0.25) is 12.2 Å². The summed E-state index contributed by atoms with van der Waals surface area (Å²) in [5.41, 5.74) is 0. The first kappa shape index (κ1) is 8.55. The van der Waals surface area contributed by atoms with Gasteiger partial charge in [0, 0.05) is 0 Å². The molecule has 0 amide bonds. The molecule has 0 fully saturated rings. The van der Waals surface area contributed by atoms with Crippen molar-refractivity contribution in [3.63, 3.8) is 0 Å². The topological polar surface area (TPSA) is 68.4 Å². The summed E-state index contributed by atoms with van der Waals surface area (Å²) < 4.78 is 9.78. The zero-order valence-electron chi connectivity index (χ0n) is 7.25. The summed E-state index contributed by atoms with van der Waals surface area (Å²) in [4.78, 5) is 3.78. The molecular formula is C9H8N2O3. The van der Waals surface area contributed by atoms with Crippen molar-refractivity contribution in [3.8, 4) is 11.5 Å². The van der Waals surface area contributed by atoms with E-state index >= 15 is 0 Å². The number of rotatable bonds is 3. The molecule has 0 aliphatic rings. The van der Waals surface area contributed by atoms with E-state index in [1.807, 2.05) is 0 Å². The number of phenolic OH excluding ortho intramolecular Hbond substituents is 1. The zero-order valence-corrected chi connectivity index (χ0v) is 7.25. The van der Waals surface area contributed by atoms with Gasteiger partial charge in [0.15, 0.2) is 18.1 Å². The van der Waals surface area contributed by atoms with Crippen molar-refractivity contribution in [2.45, 2.75) is 6.61 Å². The minimum atomic E-state index is 0.0935. The normalized spacial score (nSPS) is 10.0. The fourth-order valence-electron chi connectivity index (χ4n) is 0.978. The number of phenols is 1. The van der Waals surface area contributed by atoms with Crippen LogP contribution in [0.25, 0.3) is 0 Å². The van der Waals surface area contributed by atoms with E-state index in [0.717, 1.165) is 0 Å². The van der Waals surface area contributed by atoms with Gasteiger partial charge >= 0.3 is 0 Å². The standard InChI is InChI=1S/C9H8N2O3/c12-7-3-1-2-4-8(7)13-5-9-10-6-14-11-9/h1-4,6,12H,5H2. The van der Waals surface area contributed by atoms with Crippen LogP contribution in [0.1, 0.15) is 5.82 Å². The van der Waals surface area contributed by atoms with E-state index in [9.17, 15) is 5.11 Å². The number of aromatic hydroxyl groups is 1. The Morgan fingerprint density at radius 3 is 2.93 bits per heavy atom. The van der Waals surface area contributed by atoms with Crippen molar-refractivity contribution >= 4 is 0 Å². The highest BCUT2D eigenvalue weighted by molar-refractivity contribution is 5.37. The van der Waals surface area contributed by atoms with E-state index in [-0.39, 0.29) is 12.4 Å². The summed E-state index contributed by atoms with van der Waals surface area (Å²) in [6.07, 6.45) is 1.23. The third kappa shape index (κ3) is 1.82. The number of hydrogen-bond acceptors (Lipinski definition) is 5. The first-order valence-electron chi connectivity index (χ1n) is 4.02. The van der Waals surface area contributed by atoms with Gasteiger partial charge in [-0.25, -0.2) is 0 Å². The maximum Gasteiger partial charge on any atom is 0.213 e. The maximum absolute atomic E-state index is 9.35. The highest BCUT2D eigenvalue weighted by atomic mass is 16.5. The van der Waals surface area contributed by atoms with Crippen molar-refractivity contribution in [1.29, 1.82) is 0 Å². The molecule has 14 heavy (non-hydrogen) atoms. The minimum Gasteiger partial charge on any atom is -0.504 e. The molecule has 2 rings (SSSR count). The monoisotopic (exact) mass is 192 g/mol. The predicted molar refractivity (Wildman–Crippen MR) is 46.7 cm³/mol. The lowest BCUT2D eigenvalue weighted by molar-refractivity contribution is 0.273. The van der Waals surface area contributed by atoms with E-state index in [1.165, 1.54) is 6.39 Å². The molecule has 0 spiro atoms. The molecule has 0 saturated heterocycles. The molecule has 0 saturated carbocycles. The molecular weight excluding hydrogens is 184 g/mol. The van der Waals surface area contributed by atoms with Crippen molar-refractivity contribution < 1.29 is 14.4 Å². The van der Waals surface area contributed by atoms with Crippen LogP contribution in [0.2, 0.25) is 0 Å². The highest BCUT2D eigenvalue weighted by Crippen LogP contribution is 2.24. The van der Waals surface area contributed by atoms with E-state index in [2.05, 4.69) is 14.7 Å². The molecule has 5 nitrogen and oxygen atoms in total. The largest absolute Gasteiger partial charge is 0.504 e. The Kier molecular flexibility index (Phi) is 2.31. The fraction of sp³-hybridized carbons (Fsp3) is 0.111. The Hall–Kier alpha value is -2.04. The molecule has 0 bridgehead atoms. The lowest BCUT2D eigenvalue weighted by Crippen LogP contribution is -1.97. The molecule has 5 heteroatoms. The van der Waals surface area contributed by atoms with Gasteiger partial charge in [-0.2, -0.15) is 4.98 Å². The lowest BCUT2D eigenvalue weighted by atomic mass is 10.3. The fourth-order valence-corrected chi connectivity index (χ4v) is 0.978. The van der Waals surface area contributed by atoms with Crippen LogP contribution in [-0.2, 0) is 6.61 Å². The second-order valence-corrected chi connectivity index (χ2v) is 2.60. The Morgan fingerprint density at radius 2 is 2.21 bits per heavy atom. The molecule has 0 aliphatic carbocycles. The Morgan fingerprint density at radius 1 is 1.36 bits per heavy atom. The summed E-state index contributed by atoms with van der Waals surface area (Å²) in [5, 5.41) is 12.9. The summed E-state index contributed by atoms with van der Waals surface area (Å²) in [6.45, 7) is 0.175. The Bertz CT molecular complexity index is 400. The second kappa shape index (κ2) is 3.78. The van der Waals surface area contributed by atoms with Crippen LogP contribution in [0.4, 0.5) is 0 Å². The Balaban J connectivity index is 2.02. The molecule has 0 unspecified atom stereocenters. The van der Waals surface area contributed by atoms with Crippen molar-refractivity contribution in [2.75, 3.05) is 0 Å². The van der Waals surface area contributed by atoms with Crippen LogP contribution in [-0.4, -0.2) is 15.2 Å². The van der Waals surface area contributed by atoms with E-state index in [1.54, 1.807) is 24.3 Å². The maximum atomic E-state index is 9.35. The average Bonchev–Trinajstić information content (AvgIpc) is 2.69. The van der Waals surface area contributed by atoms with Gasteiger partial charge < -0.3 is 14.4 Å². The first-order chi connectivity index (χ1) is 6.86. The molecule has 0 atom stereocenters. The van der Waals surface area contributed by atoms with Gasteiger partial charge in [-0.15, -0.1) is 0 Å². The number of para-hydroxylation sites is 2.